The van der Waals surface area contributed by atoms with Gasteiger partial charge in [0.05, 0.1) is 17.2 Å². The second-order valence-corrected chi connectivity index (χ2v) is 8.78. The van der Waals surface area contributed by atoms with Crippen LogP contribution in [-0.2, 0) is 9.84 Å². The molecule has 0 saturated carbocycles. The van der Waals surface area contributed by atoms with Gasteiger partial charge >= 0.3 is 0 Å². The molecule has 0 radical (unpaired) electrons. The molecule has 1 aliphatic rings. The van der Waals surface area contributed by atoms with Crippen molar-refractivity contribution >= 4 is 26.7 Å². The van der Waals surface area contributed by atoms with Gasteiger partial charge in [-0.3, -0.25) is 0 Å². The fraction of sp³-hybridized carbons (Fsp3) is 0.333. The number of nitrogens with zero attached hydrogens (tertiary/aromatic N) is 2. The molecule has 1 aliphatic heterocycles. The Labute approximate surface area is 151 Å². The van der Waals surface area contributed by atoms with Gasteiger partial charge < -0.3 is 15.0 Å². The molecule has 0 unspecified atom stereocenters. The molecule has 136 valence electrons. The standard InChI is InChI=1S/C18H20N4O3S/c1-11(2)16(22-18-13-5-6-19-17(13)20-10-21-18)12-3-4-14-15(9-12)26(23,24)8-7-25-14/h3-6,9-11,16H,7-8H2,1-2H3,(H2,19,20,21,22)/t16-/m0/s1. The highest BCUT2D eigenvalue weighted by Crippen LogP contribution is 2.35. The Kier molecular flexibility index (Phi) is 4.07. The van der Waals surface area contributed by atoms with Gasteiger partial charge in [-0.15, -0.1) is 0 Å². The molecule has 8 heteroatoms. The summed E-state index contributed by atoms with van der Waals surface area (Å²) >= 11 is 0. The summed E-state index contributed by atoms with van der Waals surface area (Å²) in [5.41, 5.74) is 1.64. The summed E-state index contributed by atoms with van der Waals surface area (Å²) < 4.78 is 30.3. The van der Waals surface area contributed by atoms with Gasteiger partial charge in [-0.05, 0) is 29.7 Å². The molecule has 26 heavy (non-hydrogen) atoms. The maximum absolute atomic E-state index is 12.4. The van der Waals surface area contributed by atoms with Crippen LogP contribution in [0.4, 0.5) is 5.82 Å². The lowest BCUT2D eigenvalue weighted by Gasteiger charge is -2.26. The van der Waals surface area contributed by atoms with Crippen molar-refractivity contribution in [2.24, 2.45) is 5.92 Å². The highest BCUT2D eigenvalue weighted by molar-refractivity contribution is 7.91. The van der Waals surface area contributed by atoms with Crippen molar-refractivity contribution in [1.29, 1.82) is 0 Å². The van der Waals surface area contributed by atoms with E-state index >= 15 is 0 Å². The first-order valence-electron chi connectivity index (χ1n) is 8.50. The molecule has 0 fully saturated rings. The third kappa shape index (κ3) is 2.90. The predicted molar refractivity (Wildman–Crippen MR) is 99.1 cm³/mol. The zero-order valence-electron chi connectivity index (χ0n) is 14.6. The van der Waals surface area contributed by atoms with Crippen molar-refractivity contribution < 1.29 is 13.2 Å². The molecule has 2 aromatic heterocycles. The van der Waals surface area contributed by atoms with Crippen LogP contribution < -0.4 is 10.1 Å². The lowest BCUT2D eigenvalue weighted by atomic mass is 9.95. The number of anilines is 1. The summed E-state index contributed by atoms with van der Waals surface area (Å²) in [6.07, 6.45) is 3.32. The molecule has 7 nitrogen and oxygen atoms in total. The zero-order chi connectivity index (χ0) is 18.3. The molecular formula is C18H20N4O3S. The van der Waals surface area contributed by atoms with Crippen LogP contribution in [0.2, 0.25) is 0 Å². The van der Waals surface area contributed by atoms with E-state index < -0.39 is 9.84 Å². The maximum Gasteiger partial charge on any atom is 0.185 e. The average molecular weight is 372 g/mol. The molecule has 3 heterocycles. The van der Waals surface area contributed by atoms with Crippen molar-refractivity contribution in [3.63, 3.8) is 0 Å². The first-order valence-corrected chi connectivity index (χ1v) is 10.1. The van der Waals surface area contributed by atoms with E-state index in [1.165, 1.54) is 6.33 Å². The molecule has 0 aliphatic carbocycles. The van der Waals surface area contributed by atoms with Crippen LogP contribution in [0.25, 0.3) is 11.0 Å². The second-order valence-electron chi connectivity index (χ2n) is 6.70. The number of hydrogen-bond donors (Lipinski definition) is 2. The number of hydrogen-bond acceptors (Lipinski definition) is 6. The van der Waals surface area contributed by atoms with Crippen molar-refractivity contribution in [1.82, 2.24) is 15.0 Å². The molecule has 0 spiro atoms. The average Bonchev–Trinajstić information content (AvgIpc) is 3.08. The van der Waals surface area contributed by atoms with Crippen molar-refractivity contribution in [3.05, 3.63) is 42.4 Å². The summed E-state index contributed by atoms with van der Waals surface area (Å²) in [6.45, 7) is 4.36. The number of sulfone groups is 1. The molecule has 0 saturated heterocycles. The van der Waals surface area contributed by atoms with Gasteiger partial charge in [0.1, 0.15) is 35.0 Å². The summed E-state index contributed by atoms with van der Waals surface area (Å²) in [6, 6.07) is 7.18. The number of aromatic amines is 1. The molecule has 1 aromatic carbocycles. The van der Waals surface area contributed by atoms with Gasteiger partial charge in [-0.1, -0.05) is 19.9 Å². The van der Waals surface area contributed by atoms with Crippen LogP contribution in [0, 0.1) is 5.92 Å². The Morgan fingerprint density at radius 1 is 1.23 bits per heavy atom. The minimum Gasteiger partial charge on any atom is -0.491 e. The van der Waals surface area contributed by atoms with E-state index in [0.29, 0.717) is 11.6 Å². The summed E-state index contributed by atoms with van der Waals surface area (Å²) in [5.74, 6) is 1.37. The minimum absolute atomic E-state index is 0.0130. The van der Waals surface area contributed by atoms with E-state index in [-0.39, 0.29) is 29.2 Å². The molecule has 2 N–H and O–H groups in total. The van der Waals surface area contributed by atoms with E-state index in [1.54, 1.807) is 12.1 Å². The van der Waals surface area contributed by atoms with E-state index in [1.807, 2.05) is 18.3 Å². The van der Waals surface area contributed by atoms with Crippen LogP contribution in [0.1, 0.15) is 25.5 Å². The number of fused-ring (bicyclic) bond motifs is 2. The first kappa shape index (κ1) is 16.8. The summed E-state index contributed by atoms with van der Waals surface area (Å²) in [5, 5.41) is 4.35. The van der Waals surface area contributed by atoms with E-state index in [9.17, 15) is 8.42 Å². The molecule has 3 aromatic rings. The SMILES string of the molecule is CC(C)[C@H](Nc1ncnc2[nH]ccc12)c1ccc2c(c1)S(=O)(=O)CCO2. The molecule has 4 rings (SSSR count). The Morgan fingerprint density at radius 2 is 2.08 bits per heavy atom. The maximum atomic E-state index is 12.4. The minimum atomic E-state index is -3.31. The van der Waals surface area contributed by atoms with Gasteiger partial charge in [-0.25, -0.2) is 18.4 Å². The molecular weight excluding hydrogens is 352 g/mol. The Morgan fingerprint density at radius 3 is 2.88 bits per heavy atom. The van der Waals surface area contributed by atoms with Gasteiger partial charge in [0, 0.05) is 6.20 Å². The fourth-order valence-electron chi connectivity index (χ4n) is 3.22. The largest absolute Gasteiger partial charge is 0.491 e. The van der Waals surface area contributed by atoms with Gasteiger partial charge in [-0.2, -0.15) is 0 Å². The zero-order valence-corrected chi connectivity index (χ0v) is 15.4. The quantitative estimate of drug-likeness (QED) is 0.731. The van der Waals surface area contributed by atoms with Gasteiger partial charge in [0.15, 0.2) is 9.84 Å². The highest BCUT2D eigenvalue weighted by Gasteiger charge is 2.27. The Bertz CT molecular complexity index is 1060. The summed E-state index contributed by atoms with van der Waals surface area (Å²) in [4.78, 5) is 11.9. The number of rotatable bonds is 4. The van der Waals surface area contributed by atoms with Crippen molar-refractivity contribution in [3.8, 4) is 5.75 Å². The summed E-state index contributed by atoms with van der Waals surface area (Å²) in [7, 11) is -3.31. The normalized spacial score (nSPS) is 16.9. The third-order valence-electron chi connectivity index (χ3n) is 4.58. The molecule has 0 bridgehead atoms. The molecule has 0 amide bonds. The van der Waals surface area contributed by atoms with Crippen LogP contribution in [-0.4, -0.2) is 35.7 Å². The Hall–Kier alpha value is -2.61. The number of nitrogens with one attached hydrogen (secondary N) is 2. The van der Waals surface area contributed by atoms with E-state index in [0.717, 1.165) is 16.6 Å². The first-order chi connectivity index (χ1) is 12.5. The van der Waals surface area contributed by atoms with E-state index in [2.05, 4.69) is 34.1 Å². The number of ether oxygens (including phenoxy) is 1. The lowest BCUT2D eigenvalue weighted by Crippen LogP contribution is -2.23. The predicted octanol–water partition coefficient (Wildman–Crippen LogP) is 2.93. The van der Waals surface area contributed by atoms with Crippen molar-refractivity contribution in [2.75, 3.05) is 17.7 Å². The van der Waals surface area contributed by atoms with Crippen LogP contribution in [0.15, 0.2) is 41.7 Å². The number of aromatic nitrogens is 3. The highest BCUT2D eigenvalue weighted by atomic mass is 32.2. The van der Waals surface area contributed by atoms with Crippen LogP contribution >= 0.6 is 0 Å². The smallest absolute Gasteiger partial charge is 0.185 e. The number of H-pyrrole nitrogens is 1. The van der Waals surface area contributed by atoms with Crippen molar-refractivity contribution in [2.45, 2.75) is 24.8 Å². The fourth-order valence-corrected chi connectivity index (χ4v) is 4.49. The second kappa shape index (κ2) is 6.28. The monoisotopic (exact) mass is 372 g/mol. The van der Waals surface area contributed by atoms with Crippen LogP contribution in [0.3, 0.4) is 0 Å². The number of benzene rings is 1. The van der Waals surface area contributed by atoms with Crippen LogP contribution in [0.5, 0.6) is 5.75 Å². The van der Waals surface area contributed by atoms with E-state index in [4.69, 9.17) is 4.74 Å². The van der Waals surface area contributed by atoms with Gasteiger partial charge in [0.25, 0.3) is 0 Å². The molecule has 1 atom stereocenters. The Balaban J connectivity index is 1.75. The topological polar surface area (TPSA) is 97.0 Å². The third-order valence-corrected chi connectivity index (χ3v) is 6.28. The van der Waals surface area contributed by atoms with Gasteiger partial charge in [0.2, 0.25) is 0 Å². The lowest BCUT2D eigenvalue weighted by molar-refractivity contribution is 0.322.